The van der Waals surface area contributed by atoms with Crippen LogP contribution in [0.2, 0.25) is 0 Å². The molecule has 1 aromatic carbocycles. The van der Waals surface area contributed by atoms with Crippen molar-refractivity contribution in [2.24, 2.45) is 5.73 Å². The zero-order chi connectivity index (χ0) is 14.9. The fourth-order valence-corrected chi connectivity index (χ4v) is 2.76. The highest BCUT2D eigenvalue weighted by atomic mass is 16.5. The quantitative estimate of drug-likeness (QED) is 0.912. The average molecular weight is 276 g/mol. The van der Waals surface area contributed by atoms with Gasteiger partial charge in [0.25, 0.3) is 5.91 Å². The number of nitrogens with two attached hydrogens (primary N) is 1. The van der Waals surface area contributed by atoms with Crippen LogP contribution in [-0.2, 0) is 11.2 Å². The highest BCUT2D eigenvalue weighted by Crippen LogP contribution is 2.28. The summed E-state index contributed by atoms with van der Waals surface area (Å²) < 4.78 is 5.96. The van der Waals surface area contributed by atoms with E-state index in [9.17, 15) is 4.79 Å². The fraction of sp³-hybridized carbons (Fsp3) is 0.562. The monoisotopic (exact) mass is 276 g/mol. The highest BCUT2D eigenvalue weighted by molar-refractivity contribution is 5.83. The lowest BCUT2D eigenvalue weighted by atomic mass is 10.0. The predicted octanol–water partition coefficient (Wildman–Crippen LogP) is 1.80. The number of carbonyl (C=O) groups excluding carboxylic acids is 1. The van der Waals surface area contributed by atoms with Crippen LogP contribution in [0.1, 0.15) is 30.0 Å². The molecule has 1 amide bonds. The number of carbonyl (C=O) groups is 1. The van der Waals surface area contributed by atoms with Crippen molar-refractivity contribution in [1.29, 1.82) is 0 Å². The van der Waals surface area contributed by atoms with Crippen molar-refractivity contribution < 1.29 is 9.53 Å². The Labute approximate surface area is 120 Å². The van der Waals surface area contributed by atoms with Gasteiger partial charge in [0.2, 0.25) is 0 Å². The van der Waals surface area contributed by atoms with E-state index < -0.39 is 0 Å². The van der Waals surface area contributed by atoms with Gasteiger partial charge < -0.3 is 15.4 Å². The number of amides is 1. The van der Waals surface area contributed by atoms with E-state index in [0.717, 1.165) is 36.3 Å². The minimum absolute atomic E-state index is 0.0726. The van der Waals surface area contributed by atoms with Gasteiger partial charge in [-0.15, -0.1) is 0 Å². The Morgan fingerprint density at radius 1 is 1.40 bits per heavy atom. The molecule has 2 rings (SSSR count). The molecule has 0 spiro atoms. The van der Waals surface area contributed by atoms with Gasteiger partial charge in [-0.3, -0.25) is 4.79 Å². The van der Waals surface area contributed by atoms with Gasteiger partial charge in [-0.25, -0.2) is 0 Å². The van der Waals surface area contributed by atoms with E-state index in [-0.39, 0.29) is 18.1 Å². The normalized spacial score (nSPS) is 20.4. The molecule has 1 fully saturated rings. The molecular formula is C16H24N2O2. The van der Waals surface area contributed by atoms with Gasteiger partial charge in [0, 0.05) is 26.1 Å². The third kappa shape index (κ3) is 3.12. The maximum atomic E-state index is 11.9. The summed E-state index contributed by atoms with van der Waals surface area (Å²) in [5.41, 5.74) is 9.21. The minimum atomic E-state index is -0.336. The lowest BCUT2D eigenvalue weighted by Crippen LogP contribution is -2.29. The van der Waals surface area contributed by atoms with Crippen LogP contribution in [0.15, 0.2) is 12.1 Å². The van der Waals surface area contributed by atoms with Crippen LogP contribution in [-0.4, -0.2) is 36.5 Å². The predicted molar refractivity (Wildman–Crippen MR) is 79.9 cm³/mol. The second-order valence-electron chi connectivity index (χ2n) is 5.90. The molecule has 1 saturated heterocycles. The summed E-state index contributed by atoms with van der Waals surface area (Å²) in [6.45, 7) is 6.82. The van der Waals surface area contributed by atoms with Gasteiger partial charge >= 0.3 is 0 Å². The summed E-state index contributed by atoms with van der Waals surface area (Å²) in [5, 5.41) is 0. The summed E-state index contributed by atoms with van der Waals surface area (Å²) in [6, 6.07) is 4.36. The number of hydrogen-bond donors (Lipinski definition) is 1. The van der Waals surface area contributed by atoms with Crippen LogP contribution >= 0.6 is 0 Å². The zero-order valence-electron chi connectivity index (χ0n) is 12.8. The molecule has 2 N–H and O–H groups in total. The number of aryl methyl sites for hydroxylation is 2. The average Bonchev–Trinajstić information content (AvgIpc) is 2.64. The van der Waals surface area contributed by atoms with Gasteiger partial charge in [-0.2, -0.15) is 0 Å². The lowest BCUT2D eigenvalue weighted by Gasteiger charge is -2.18. The summed E-state index contributed by atoms with van der Waals surface area (Å²) in [6.07, 6.45) is 1.28. The van der Waals surface area contributed by atoms with Crippen LogP contribution in [0.25, 0.3) is 0 Å². The topological polar surface area (TPSA) is 55.6 Å². The van der Waals surface area contributed by atoms with Crippen LogP contribution in [0, 0.1) is 13.8 Å². The molecule has 4 nitrogen and oxygen atoms in total. The molecule has 110 valence electrons. The fourth-order valence-electron chi connectivity index (χ4n) is 2.76. The van der Waals surface area contributed by atoms with Crippen molar-refractivity contribution in [1.82, 2.24) is 4.90 Å². The van der Waals surface area contributed by atoms with Gasteiger partial charge in [0.1, 0.15) is 5.75 Å². The number of rotatable bonds is 4. The Morgan fingerprint density at radius 3 is 2.45 bits per heavy atom. The first-order valence-electron chi connectivity index (χ1n) is 7.16. The maximum Gasteiger partial charge on any atom is 0.263 e. The van der Waals surface area contributed by atoms with E-state index in [0.29, 0.717) is 0 Å². The second kappa shape index (κ2) is 5.83. The van der Waals surface area contributed by atoms with Crippen molar-refractivity contribution in [3.8, 4) is 5.75 Å². The standard InChI is InChI=1S/C16H24N2O2/c1-10-7-13(9-12(3)17)8-11(2)15(10)20-14-5-6-18(4)16(14)19/h7-8,12,14H,5-6,9,17H2,1-4H3. The number of hydrogen-bond acceptors (Lipinski definition) is 3. The third-order valence-electron chi connectivity index (χ3n) is 3.72. The smallest absolute Gasteiger partial charge is 0.263 e. The maximum absolute atomic E-state index is 11.9. The number of benzene rings is 1. The highest BCUT2D eigenvalue weighted by Gasteiger charge is 2.31. The molecule has 0 saturated carbocycles. The molecule has 0 aliphatic carbocycles. The van der Waals surface area contributed by atoms with Gasteiger partial charge in [0.15, 0.2) is 6.10 Å². The summed E-state index contributed by atoms with van der Waals surface area (Å²) in [5.74, 6) is 0.913. The molecular weight excluding hydrogens is 252 g/mol. The number of likely N-dealkylation sites (tertiary alicyclic amines) is 1. The molecule has 4 heteroatoms. The van der Waals surface area contributed by atoms with Crippen molar-refractivity contribution in [2.45, 2.75) is 45.8 Å². The first-order valence-corrected chi connectivity index (χ1v) is 7.16. The van der Waals surface area contributed by atoms with Crippen molar-refractivity contribution in [2.75, 3.05) is 13.6 Å². The number of nitrogens with zero attached hydrogens (tertiary/aromatic N) is 1. The van der Waals surface area contributed by atoms with Crippen molar-refractivity contribution in [3.05, 3.63) is 28.8 Å². The van der Waals surface area contributed by atoms with Crippen molar-refractivity contribution in [3.63, 3.8) is 0 Å². The van der Waals surface area contributed by atoms with Crippen LogP contribution in [0.4, 0.5) is 0 Å². The third-order valence-corrected chi connectivity index (χ3v) is 3.72. The van der Waals surface area contributed by atoms with E-state index in [1.165, 1.54) is 5.56 Å². The SMILES string of the molecule is Cc1cc(CC(C)N)cc(C)c1OC1CCN(C)C1=O. The minimum Gasteiger partial charge on any atom is -0.480 e. The Kier molecular flexibility index (Phi) is 4.33. The van der Waals surface area contributed by atoms with Crippen LogP contribution < -0.4 is 10.5 Å². The molecule has 1 heterocycles. The molecule has 0 radical (unpaired) electrons. The van der Waals surface area contributed by atoms with E-state index >= 15 is 0 Å². The molecule has 20 heavy (non-hydrogen) atoms. The molecule has 0 aromatic heterocycles. The summed E-state index contributed by atoms with van der Waals surface area (Å²) in [4.78, 5) is 13.7. The number of likely N-dealkylation sites (N-methyl/N-ethyl adjacent to an activating group) is 1. The largest absolute Gasteiger partial charge is 0.480 e. The lowest BCUT2D eigenvalue weighted by molar-refractivity contribution is -0.132. The van der Waals surface area contributed by atoms with Gasteiger partial charge in [-0.1, -0.05) is 12.1 Å². The molecule has 2 unspecified atom stereocenters. The first-order chi connectivity index (χ1) is 9.38. The molecule has 0 bridgehead atoms. The Balaban J connectivity index is 2.18. The molecule has 1 aromatic rings. The van der Waals surface area contributed by atoms with Crippen molar-refractivity contribution >= 4 is 5.91 Å². The summed E-state index contributed by atoms with van der Waals surface area (Å²) in [7, 11) is 1.82. The van der Waals surface area contributed by atoms with E-state index in [2.05, 4.69) is 12.1 Å². The van der Waals surface area contributed by atoms with Crippen LogP contribution in [0.3, 0.4) is 0 Å². The Bertz CT molecular complexity index is 488. The Morgan fingerprint density at radius 2 is 2.00 bits per heavy atom. The second-order valence-corrected chi connectivity index (χ2v) is 5.90. The van der Waals surface area contributed by atoms with E-state index in [1.807, 2.05) is 27.8 Å². The summed E-state index contributed by atoms with van der Waals surface area (Å²) >= 11 is 0. The van der Waals surface area contributed by atoms with Gasteiger partial charge in [0.05, 0.1) is 0 Å². The van der Waals surface area contributed by atoms with Crippen LogP contribution in [0.5, 0.6) is 5.75 Å². The molecule has 2 atom stereocenters. The van der Waals surface area contributed by atoms with E-state index in [4.69, 9.17) is 10.5 Å². The van der Waals surface area contributed by atoms with E-state index in [1.54, 1.807) is 4.90 Å². The van der Waals surface area contributed by atoms with Gasteiger partial charge in [-0.05, 0) is 43.9 Å². The first kappa shape index (κ1) is 14.9. The number of ether oxygens (including phenoxy) is 1. The zero-order valence-corrected chi connectivity index (χ0v) is 12.8. The Hall–Kier alpha value is -1.55. The molecule has 1 aliphatic rings. The molecule has 1 aliphatic heterocycles.